The zero-order valence-corrected chi connectivity index (χ0v) is 20.2. The van der Waals surface area contributed by atoms with Gasteiger partial charge in [0.2, 0.25) is 0 Å². The van der Waals surface area contributed by atoms with Gasteiger partial charge in [-0.2, -0.15) is 13.2 Å². The zero-order chi connectivity index (χ0) is 21.7. The van der Waals surface area contributed by atoms with Crippen molar-refractivity contribution in [1.29, 1.82) is 0 Å². The Morgan fingerprint density at radius 2 is 1.87 bits per heavy atom. The molecule has 7 nitrogen and oxygen atoms in total. The van der Waals surface area contributed by atoms with Crippen molar-refractivity contribution in [1.82, 2.24) is 15.5 Å². The minimum atomic E-state index is -4.40. The molecule has 2 N–H and O–H groups in total. The number of alkyl halides is 3. The summed E-state index contributed by atoms with van der Waals surface area (Å²) in [6.45, 7) is 2.32. The van der Waals surface area contributed by atoms with Gasteiger partial charge in [-0.05, 0) is 31.2 Å². The molecule has 1 rings (SSSR count). The predicted octanol–water partition coefficient (Wildman–Crippen LogP) is 2.89. The molecule has 0 heterocycles. The lowest BCUT2D eigenvalue weighted by Gasteiger charge is -2.18. The SMILES string of the molecule is CN=C(NCCN(C)CCCOC)NCc1ccc(OCC(F)(F)F)c(OC)c1.I. The second-order valence-corrected chi connectivity index (χ2v) is 6.39. The smallest absolute Gasteiger partial charge is 0.422 e. The number of hydrogen-bond acceptors (Lipinski definition) is 5. The quantitative estimate of drug-likeness (QED) is 0.181. The van der Waals surface area contributed by atoms with Gasteiger partial charge in [0, 0.05) is 46.9 Å². The number of hydrogen-bond donors (Lipinski definition) is 2. The van der Waals surface area contributed by atoms with E-state index in [2.05, 4.69) is 20.5 Å². The number of rotatable bonds is 12. The van der Waals surface area contributed by atoms with E-state index in [1.807, 2.05) is 7.05 Å². The number of nitrogens with zero attached hydrogens (tertiary/aromatic N) is 2. The molecule has 0 atom stereocenters. The van der Waals surface area contributed by atoms with E-state index >= 15 is 0 Å². The fourth-order valence-electron chi connectivity index (χ4n) is 2.46. The lowest BCUT2D eigenvalue weighted by Crippen LogP contribution is -2.40. The normalized spacial score (nSPS) is 11.8. The van der Waals surface area contributed by atoms with Gasteiger partial charge in [0.1, 0.15) is 0 Å². The van der Waals surface area contributed by atoms with E-state index in [-0.39, 0.29) is 35.5 Å². The Bertz CT molecular complexity index is 634. The van der Waals surface area contributed by atoms with Crippen molar-refractivity contribution in [3.05, 3.63) is 23.8 Å². The Balaban J connectivity index is 0.00000841. The first kappa shape index (κ1) is 28.5. The van der Waals surface area contributed by atoms with Crippen molar-refractivity contribution in [2.24, 2.45) is 4.99 Å². The van der Waals surface area contributed by atoms with Gasteiger partial charge in [-0.25, -0.2) is 0 Å². The van der Waals surface area contributed by atoms with Crippen LogP contribution < -0.4 is 20.1 Å². The molecule has 0 spiro atoms. The Kier molecular flexibility index (Phi) is 14.6. The monoisotopic (exact) mass is 548 g/mol. The summed E-state index contributed by atoms with van der Waals surface area (Å²) in [6.07, 6.45) is -3.42. The van der Waals surface area contributed by atoms with E-state index in [4.69, 9.17) is 14.2 Å². The third-order valence-electron chi connectivity index (χ3n) is 3.98. The van der Waals surface area contributed by atoms with Gasteiger partial charge in [-0.1, -0.05) is 6.07 Å². The van der Waals surface area contributed by atoms with E-state index in [1.54, 1.807) is 26.3 Å². The molecule has 0 unspecified atom stereocenters. The number of halogens is 4. The summed E-state index contributed by atoms with van der Waals surface area (Å²) < 4.78 is 52.0. The van der Waals surface area contributed by atoms with Gasteiger partial charge in [-0.15, -0.1) is 24.0 Å². The molecule has 1 aromatic carbocycles. The zero-order valence-electron chi connectivity index (χ0n) is 17.8. The fraction of sp³-hybridized carbons (Fsp3) is 0.632. The van der Waals surface area contributed by atoms with Crippen molar-refractivity contribution < 1.29 is 27.4 Å². The molecule has 0 aromatic heterocycles. The largest absolute Gasteiger partial charge is 0.493 e. The molecule has 0 saturated heterocycles. The average Bonchev–Trinajstić information content (AvgIpc) is 2.68. The number of aliphatic imine (C=N–C) groups is 1. The molecule has 0 saturated carbocycles. The average molecular weight is 548 g/mol. The summed E-state index contributed by atoms with van der Waals surface area (Å²) in [4.78, 5) is 6.37. The van der Waals surface area contributed by atoms with Gasteiger partial charge < -0.3 is 29.7 Å². The summed E-state index contributed by atoms with van der Waals surface area (Å²) in [5.41, 5.74) is 0.820. The number of benzene rings is 1. The van der Waals surface area contributed by atoms with Crippen molar-refractivity contribution in [3.63, 3.8) is 0 Å². The third-order valence-corrected chi connectivity index (χ3v) is 3.98. The van der Waals surface area contributed by atoms with Gasteiger partial charge in [-0.3, -0.25) is 4.99 Å². The number of methoxy groups -OCH3 is 2. The molecule has 0 bridgehead atoms. The van der Waals surface area contributed by atoms with E-state index in [0.29, 0.717) is 12.5 Å². The van der Waals surface area contributed by atoms with Crippen LogP contribution in [0.4, 0.5) is 13.2 Å². The molecule has 174 valence electrons. The van der Waals surface area contributed by atoms with Crippen LogP contribution in [0.1, 0.15) is 12.0 Å². The van der Waals surface area contributed by atoms with Crippen LogP contribution in [-0.4, -0.2) is 78.2 Å². The lowest BCUT2D eigenvalue weighted by molar-refractivity contribution is -0.153. The summed E-state index contributed by atoms with van der Waals surface area (Å²) in [7, 11) is 6.79. The molecular formula is C19H32F3IN4O3. The van der Waals surface area contributed by atoms with Crippen LogP contribution in [0.15, 0.2) is 23.2 Å². The summed E-state index contributed by atoms with van der Waals surface area (Å²) in [5.74, 6) is 0.924. The number of nitrogens with one attached hydrogen (secondary N) is 2. The number of ether oxygens (including phenoxy) is 3. The molecule has 0 aliphatic rings. The minimum Gasteiger partial charge on any atom is -0.493 e. The van der Waals surface area contributed by atoms with Gasteiger partial charge in [0.25, 0.3) is 0 Å². The highest BCUT2D eigenvalue weighted by molar-refractivity contribution is 14.0. The Morgan fingerprint density at radius 1 is 1.13 bits per heavy atom. The van der Waals surface area contributed by atoms with Crippen LogP contribution in [0.2, 0.25) is 0 Å². The van der Waals surface area contributed by atoms with E-state index < -0.39 is 12.8 Å². The number of guanidine groups is 1. The van der Waals surface area contributed by atoms with Crippen LogP contribution in [0.5, 0.6) is 11.5 Å². The highest BCUT2D eigenvalue weighted by atomic mass is 127. The Hall–Kier alpha value is -1.47. The van der Waals surface area contributed by atoms with Crippen LogP contribution in [0.25, 0.3) is 0 Å². The Morgan fingerprint density at radius 3 is 2.47 bits per heavy atom. The predicted molar refractivity (Wildman–Crippen MR) is 122 cm³/mol. The first-order chi connectivity index (χ1) is 13.8. The summed E-state index contributed by atoms with van der Waals surface area (Å²) >= 11 is 0. The molecular weight excluding hydrogens is 516 g/mol. The first-order valence-electron chi connectivity index (χ1n) is 9.27. The lowest BCUT2D eigenvalue weighted by atomic mass is 10.2. The molecule has 0 aliphatic carbocycles. The standard InChI is InChI=1S/C19H31F3N4O3.HI/c1-23-18(24-8-10-26(2)9-5-11-27-3)25-13-15-6-7-16(17(12-15)28-4)29-14-19(20,21)22;/h6-7,12H,5,8-11,13-14H2,1-4H3,(H2,23,24,25);1H. The van der Waals surface area contributed by atoms with E-state index in [0.717, 1.165) is 38.2 Å². The number of likely N-dealkylation sites (N-methyl/N-ethyl adjacent to an activating group) is 1. The second-order valence-electron chi connectivity index (χ2n) is 6.39. The van der Waals surface area contributed by atoms with Gasteiger partial charge >= 0.3 is 6.18 Å². The summed E-state index contributed by atoms with van der Waals surface area (Å²) in [5, 5.41) is 6.39. The molecule has 1 aromatic rings. The van der Waals surface area contributed by atoms with Gasteiger partial charge in [0.15, 0.2) is 24.1 Å². The first-order valence-corrected chi connectivity index (χ1v) is 9.27. The van der Waals surface area contributed by atoms with E-state index in [9.17, 15) is 13.2 Å². The molecule has 0 amide bonds. The van der Waals surface area contributed by atoms with Crippen molar-refractivity contribution in [3.8, 4) is 11.5 Å². The maximum Gasteiger partial charge on any atom is 0.422 e. The Labute approximate surface area is 193 Å². The van der Waals surface area contributed by atoms with E-state index in [1.165, 1.54) is 13.2 Å². The van der Waals surface area contributed by atoms with Crippen LogP contribution in [0, 0.1) is 0 Å². The van der Waals surface area contributed by atoms with Crippen LogP contribution in [-0.2, 0) is 11.3 Å². The van der Waals surface area contributed by atoms with Crippen molar-refractivity contribution in [2.45, 2.75) is 19.1 Å². The molecule has 0 radical (unpaired) electrons. The highest BCUT2D eigenvalue weighted by Crippen LogP contribution is 2.29. The summed E-state index contributed by atoms with van der Waals surface area (Å²) in [6, 6.07) is 4.78. The fourth-order valence-corrected chi connectivity index (χ4v) is 2.46. The van der Waals surface area contributed by atoms with Crippen molar-refractivity contribution in [2.75, 3.05) is 61.2 Å². The second kappa shape index (κ2) is 15.3. The maximum atomic E-state index is 12.3. The molecule has 30 heavy (non-hydrogen) atoms. The third kappa shape index (κ3) is 12.3. The molecule has 11 heteroatoms. The topological polar surface area (TPSA) is 67.4 Å². The maximum absolute atomic E-state index is 12.3. The van der Waals surface area contributed by atoms with Crippen molar-refractivity contribution >= 4 is 29.9 Å². The highest BCUT2D eigenvalue weighted by Gasteiger charge is 2.29. The molecule has 0 fully saturated rings. The van der Waals surface area contributed by atoms with Crippen LogP contribution >= 0.6 is 24.0 Å². The van der Waals surface area contributed by atoms with Crippen LogP contribution in [0.3, 0.4) is 0 Å². The van der Waals surface area contributed by atoms with Gasteiger partial charge in [0.05, 0.1) is 7.11 Å². The minimum absolute atomic E-state index is 0. The molecule has 0 aliphatic heterocycles.